The van der Waals surface area contributed by atoms with E-state index in [0.717, 1.165) is 5.69 Å². The SMILES string of the molecule is Cc1cc(C(=O)Nc2ccccc2-n2cncn2)on1. The highest BCUT2D eigenvalue weighted by Gasteiger charge is 2.14. The second-order valence-electron chi connectivity index (χ2n) is 4.14. The van der Waals surface area contributed by atoms with Crippen molar-refractivity contribution >= 4 is 11.6 Å². The molecule has 20 heavy (non-hydrogen) atoms. The van der Waals surface area contributed by atoms with Gasteiger partial charge in [-0.3, -0.25) is 4.79 Å². The number of aryl methyl sites for hydroxylation is 1. The van der Waals surface area contributed by atoms with E-state index in [0.29, 0.717) is 11.4 Å². The van der Waals surface area contributed by atoms with Crippen LogP contribution in [0.4, 0.5) is 5.69 Å². The highest BCUT2D eigenvalue weighted by Crippen LogP contribution is 2.19. The van der Waals surface area contributed by atoms with Crippen LogP contribution in [0.1, 0.15) is 16.2 Å². The maximum absolute atomic E-state index is 12.1. The number of hydrogen-bond donors (Lipinski definition) is 1. The number of amides is 1. The van der Waals surface area contributed by atoms with Crippen molar-refractivity contribution < 1.29 is 9.32 Å². The summed E-state index contributed by atoms with van der Waals surface area (Å²) < 4.78 is 6.50. The van der Waals surface area contributed by atoms with E-state index >= 15 is 0 Å². The first kappa shape index (κ1) is 12.1. The average Bonchev–Trinajstić information content (AvgIpc) is 3.10. The van der Waals surface area contributed by atoms with Gasteiger partial charge in [0.2, 0.25) is 5.76 Å². The number of nitrogens with one attached hydrogen (secondary N) is 1. The zero-order chi connectivity index (χ0) is 13.9. The molecule has 0 aliphatic heterocycles. The third kappa shape index (κ3) is 2.28. The average molecular weight is 269 g/mol. The molecule has 0 unspecified atom stereocenters. The molecule has 3 aromatic rings. The fourth-order valence-electron chi connectivity index (χ4n) is 1.77. The summed E-state index contributed by atoms with van der Waals surface area (Å²) in [6, 6.07) is 8.86. The molecule has 0 bridgehead atoms. The largest absolute Gasteiger partial charge is 0.351 e. The first-order valence-electron chi connectivity index (χ1n) is 5.93. The molecule has 100 valence electrons. The highest BCUT2D eigenvalue weighted by molar-refractivity contribution is 6.03. The number of benzene rings is 1. The molecular formula is C13H11N5O2. The van der Waals surface area contributed by atoms with Crippen molar-refractivity contribution in [1.29, 1.82) is 0 Å². The molecule has 7 nitrogen and oxygen atoms in total. The molecule has 1 amide bonds. The zero-order valence-corrected chi connectivity index (χ0v) is 10.6. The Kier molecular flexibility index (Phi) is 3.00. The van der Waals surface area contributed by atoms with Gasteiger partial charge in [-0.25, -0.2) is 9.67 Å². The third-order valence-corrected chi connectivity index (χ3v) is 2.67. The van der Waals surface area contributed by atoms with Gasteiger partial charge in [0.15, 0.2) is 0 Å². The Labute approximate surface area is 114 Å². The number of carbonyl (C=O) groups is 1. The fraction of sp³-hybridized carbons (Fsp3) is 0.0769. The van der Waals surface area contributed by atoms with E-state index in [2.05, 4.69) is 20.6 Å². The van der Waals surface area contributed by atoms with Crippen molar-refractivity contribution in [2.75, 3.05) is 5.32 Å². The minimum absolute atomic E-state index is 0.163. The minimum Gasteiger partial charge on any atom is -0.351 e. The summed E-state index contributed by atoms with van der Waals surface area (Å²) in [6.07, 6.45) is 2.99. The third-order valence-electron chi connectivity index (χ3n) is 2.67. The van der Waals surface area contributed by atoms with Crippen LogP contribution >= 0.6 is 0 Å². The Hall–Kier alpha value is -2.96. The molecule has 0 saturated carbocycles. The molecule has 1 N–H and O–H groups in total. The lowest BCUT2D eigenvalue weighted by Crippen LogP contribution is -2.13. The van der Waals surface area contributed by atoms with Crippen LogP contribution < -0.4 is 5.32 Å². The Morgan fingerprint density at radius 1 is 1.35 bits per heavy atom. The van der Waals surface area contributed by atoms with Gasteiger partial charge in [-0.2, -0.15) is 5.10 Å². The summed E-state index contributed by atoms with van der Waals surface area (Å²) >= 11 is 0. The van der Waals surface area contributed by atoms with E-state index < -0.39 is 0 Å². The van der Waals surface area contributed by atoms with Gasteiger partial charge in [0.1, 0.15) is 12.7 Å². The molecule has 3 rings (SSSR count). The quantitative estimate of drug-likeness (QED) is 0.783. The molecule has 0 aliphatic rings. The number of rotatable bonds is 3. The first-order valence-corrected chi connectivity index (χ1v) is 5.93. The normalized spacial score (nSPS) is 10.4. The summed E-state index contributed by atoms with van der Waals surface area (Å²) in [5.41, 5.74) is 1.98. The molecule has 0 aliphatic carbocycles. The van der Waals surface area contributed by atoms with Crippen LogP contribution in [0.5, 0.6) is 0 Å². The highest BCUT2D eigenvalue weighted by atomic mass is 16.5. The van der Waals surface area contributed by atoms with E-state index in [1.807, 2.05) is 18.2 Å². The van der Waals surface area contributed by atoms with Crippen LogP contribution in [0.15, 0.2) is 47.5 Å². The molecule has 2 aromatic heterocycles. The van der Waals surface area contributed by atoms with E-state index in [1.54, 1.807) is 30.1 Å². The maximum atomic E-state index is 12.1. The van der Waals surface area contributed by atoms with Crippen molar-refractivity contribution in [1.82, 2.24) is 19.9 Å². The van der Waals surface area contributed by atoms with E-state index in [-0.39, 0.29) is 11.7 Å². The maximum Gasteiger partial charge on any atom is 0.294 e. The molecule has 0 atom stereocenters. The van der Waals surface area contributed by atoms with E-state index in [4.69, 9.17) is 4.52 Å². The molecule has 2 heterocycles. The van der Waals surface area contributed by atoms with Gasteiger partial charge in [-0.15, -0.1) is 0 Å². The molecule has 1 aromatic carbocycles. The number of anilines is 1. The molecular weight excluding hydrogens is 258 g/mol. The second-order valence-corrected chi connectivity index (χ2v) is 4.14. The Bertz CT molecular complexity index is 733. The minimum atomic E-state index is -0.363. The van der Waals surface area contributed by atoms with Gasteiger partial charge in [-0.05, 0) is 19.1 Å². The monoisotopic (exact) mass is 269 g/mol. The first-order chi connectivity index (χ1) is 9.74. The van der Waals surface area contributed by atoms with Crippen LogP contribution in [-0.4, -0.2) is 25.8 Å². The van der Waals surface area contributed by atoms with Gasteiger partial charge < -0.3 is 9.84 Å². The second kappa shape index (κ2) is 4.96. The van der Waals surface area contributed by atoms with Crippen molar-refractivity contribution in [2.24, 2.45) is 0 Å². The summed E-state index contributed by atoms with van der Waals surface area (Å²) in [5, 5.41) is 10.5. The van der Waals surface area contributed by atoms with Crippen LogP contribution in [0, 0.1) is 6.92 Å². The number of aromatic nitrogens is 4. The van der Waals surface area contributed by atoms with Gasteiger partial charge in [-0.1, -0.05) is 17.3 Å². The Morgan fingerprint density at radius 2 is 2.20 bits per heavy atom. The van der Waals surface area contributed by atoms with Crippen LogP contribution in [0.3, 0.4) is 0 Å². The molecule has 7 heteroatoms. The van der Waals surface area contributed by atoms with Crippen molar-refractivity contribution in [3.63, 3.8) is 0 Å². The van der Waals surface area contributed by atoms with Crippen molar-refractivity contribution in [3.05, 3.63) is 54.4 Å². The molecule has 0 fully saturated rings. The van der Waals surface area contributed by atoms with E-state index in [9.17, 15) is 4.79 Å². The molecule has 0 spiro atoms. The molecule has 0 saturated heterocycles. The van der Waals surface area contributed by atoms with Gasteiger partial charge in [0.05, 0.1) is 17.1 Å². The lowest BCUT2D eigenvalue weighted by Gasteiger charge is -2.09. The lowest BCUT2D eigenvalue weighted by atomic mass is 10.2. The predicted octanol–water partition coefficient (Wildman–Crippen LogP) is 1.82. The summed E-state index contributed by atoms with van der Waals surface area (Å²) in [4.78, 5) is 16.0. The zero-order valence-electron chi connectivity index (χ0n) is 10.6. The van der Waals surface area contributed by atoms with Gasteiger partial charge in [0, 0.05) is 6.07 Å². The standard InChI is InChI=1S/C13H11N5O2/c1-9-6-12(20-17-9)13(19)16-10-4-2-3-5-11(10)18-8-14-7-15-18/h2-8H,1H3,(H,16,19). The summed E-state index contributed by atoms with van der Waals surface area (Å²) in [5.74, 6) is -0.200. The Balaban J connectivity index is 1.90. The van der Waals surface area contributed by atoms with Crippen molar-refractivity contribution in [3.8, 4) is 5.69 Å². The van der Waals surface area contributed by atoms with Crippen molar-refractivity contribution in [2.45, 2.75) is 6.92 Å². The van der Waals surface area contributed by atoms with Crippen LogP contribution in [0.2, 0.25) is 0 Å². The number of nitrogens with zero attached hydrogens (tertiary/aromatic N) is 4. The van der Waals surface area contributed by atoms with Gasteiger partial charge >= 0.3 is 0 Å². The summed E-state index contributed by atoms with van der Waals surface area (Å²) in [7, 11) is 0. The Morgan fingerprint density at radius 3 is 2.90 bits per heavy atom. The number of hydrogen-bond acceptors (Lipinski definition) is 5. The van der Waals surface area contributed by atoms with E-state index in [1.165, 1.54) is 6.33 Å². The summed E-state index contributed by atoms with van der Waals surface area (Å²) in [6.45, 7) is 1.75. The predicted molar refractivity (Wildman–Crippen MR) is 70.6 cm³/mol. The lowest BCUT2D eigenvalue weighted by molar-refractivity contribution is 0.0988. The fourth-order valence-corrected chi connectivity index (χ4v) is 1.77. The van der Waals surface area contributed by atoms with Crippen LogP contribution in [0.25, 0.3) is 5.69 Å². The molecule has 0 radical (unpaired) electrons. The van der Waals surface area contributed by atoms with Gasteiger partial charge in [0.25, 0.3) is 5.91 Å². The number of para-hydroxylation sites is 2. The number of carbonyl (C=O) groups excluding carboxylic acids is 1. The topological polar surface area (TPSA) is 85.8 Å². The van der Waals surface area contributed by atoms with Crippen LogP contribution in [-0.2, 0) is 0 Å². The smallest absolute Gasteiger partial charge is 0.294 e.